The summed E-state index contributed by atoms with van der Waals surface area (Å²) in [7, 11) is 1.78. The number of aromatic nitrogens is 2. The summed E-state index contributed by atoms with van der Waals surface area (Å²) in [5.74, 6) is -0.583. The smallest absolute Gasteiger partial charge is 0.341 e. The van der Waals surface area contributed by atoms with Crippen molar-refractivity contribution in [3.8, 4) is 0 Å². The molecule has 2 aliphatic rings. The van der Waals surface area contributed by atoms with Crippen LogP contribution in [-0.2, 0) is 22.4 Å². The number of nitrogens with one attached hydrogen (secondary N) is 2. The second-order valence-electron chi connectivity index (χ2n) is 6.48. The summed E-state index contributed by atoms with van der Waals surface area (Å²) in [6, 6.07) is 0. The molecule has 0 saturated carbocycles. The molecule has 2 N–H and O–H groups in total. The molecule has 174 valence electrons. The van der Waals surface area contributed by atoms with E-state index >= 15 is 0 Å². The first-order valence-corrected chi connectivity index (χ1v) is 11.0. The lowest BCUT2D eigenvalue weighted by atomic mass is 10.1. The molecule has 8 heteroatoms. The first kappa shape index (κ1) is 27.1. The van der Waals surface area contributed by atoms with Crippen LogP contribution in [0.5, 0.6) is 0 Å². The third-order valence-electron chi connectivity index (χ3n) is 4.37. The first-order valence-electron chi connectivity index (χ1n) is 10.6. The van der Waals surface area contributed by atoms with Crippen LogP contribution in [0.25, 0.3) is 5.57 Å². The zero-order chi connectivity index (χ0) is 24.1. The van der Waals surface area contributed by atoms with E-state index in [2.05, 4.69) is 33.8 Å². The number of aryl methyl sites for hydroxylation is 2. The van der Waals surface area contributed by atoms with Crippen molar-refractivity contribution in [3.63, 3.8) is 0 Å². The summed E-state index contributed by atoms with van der Waals surface area (Å²) in [6.45, 7) is 13.7. The van der Waals surface area contributed by atoms with E-state index in [0.29, 0.717) is 18.0 Å². The number of fused-ring (bicyclic) bond motifs is 1. The molecule has 1 aliphatic heterocycles. The number of esters is 1. The van der Waals surface area contributed by atoms with Crippen LogP contribution >= 0.6 is 11.6 Å². The summed E-state index contributed by atoms with van der Waals surface area (Å²) >= 11 is 5.65. The predicted octanol–water partition coefficient (Wildman–Crippen LogP) is 4.75. The SMILES string of the molecule is C=C(Cl)/C=C(\C(=C)F)c1ncc2c(n1)CCC2.CC.CCOC(=O)C1=CNCC=C1NC. The van der Waals surface area contributed by atoms with Gasteiger partial charge < -0.3 is 15.4 Å². The first-order chi connectivity index (χ1) is 15.4. The minimum atomic E-state index is -0.607. The molecule has 1 aromatic heterocycles. The standard InChI is InChI=1S/C13H12ClFN2.C9H14N2O2.C2H6/c1-8(14)6-11(9(2)15)13-16-7-10-4-3-5-12(10)17-13;1-3-13-9(12)7-6-11-5-4-8(7)10-2;1-2/h6-7H,1-5H2;4,6,10-11H,3,5H2,1-2H3;1-2H3/b11-6+;;. The highest BCUT2D eigenvalue weighted by Crippen LogP contribution is 2.25. The van der Waals surface area contributed by atoms with E-state index in [0.717, 1.165) is 42.8 Å². The molecule has 0 spiro atoms. The number of ether oxygens (including phenoxy) is 1. The van der Waals surface area contributed by atoms with Crippen LogP contribution in [0.2, 0.25) is 0 Å². The highest BCUT2D eigenvalue weighted by atomic mass is 35.5. The van der Waals surface area contributed by atoms with E-state index < -0.39 is 5.83 Å². The maximum Gasteiger partial charge on any atom is 0.341 e. The largest absolute Gasteiger partial charge is 0.462 e. The average molecular weight is 463 g/mol. The van der Waals surface area contributed by atoms with Crippen molar-refractivity contribution in [3.05, 3.63) is 76.9 Å². The highest BCUT2D eigenvalue weighted by molar-refractivity contribution is 6.31. The Labute approximate surface area is 195 Å². The number of hydrogen-bond donors (Lipinski definition) is 2. The summed E-state index contributed by atoms with van der Waals surface area (Å²) in [4.78, 5) is 19.8. The van der Waals surface area contributed by atoms with Crippen LogP contribution in [0.1, 0.15) is 44.3 Å². The molecule has 0 radical (unpaired) electrons. The van der Waals surface area contributed by atoms with E-state index in [1.807, 2.05) is 19.9 Å². The minimum absolute atomic E-state index is 0.194. The van der Waals surface area contributed by atoms with Crippen LogP contribution in [0.3, 0.4) is 0 Å². The molecule has 0 unspecified atom stereocenters. The van der Waals surface area contributed by atoms with E-state index in [4.69, 9.17) is 16.3 Å². The van der Waals surface area contributed by atoms with Gasteiger partial charge in [0.05, 0.1) is 17.8 Å². The zero-order valence-electron chi connectivity index (χ0n) is 19.2. The maximum absolute atomic E-state index is 13.3. The summed E-state index contributed by atoms with van der Waals surface area (Å²) in [5.41, 5.74) is 3.69. The highest BCUT2D eigenvalue weighted by Gasteiger charge is 2.17. The second kappa shape index (κ2) is 14.2. The van der Waals surface area contributed by atoms with Crippen LogP contribution in [0.4, 0.5) is 4.39 Å². The fourth-order valence-electron chi connectivity index (χ4n) is 2.99. The van der Waals surface area contributed by atoms with Gasteiger partial charge >= 0.3 is 5.97 Å². The van der Waals surface area contributed by atoms with Gasteiger partial charge in [-0.2, -0.15) is 0 Å². The van der Waals surface area contributed by atoms with Crippen molar-refractivity contribution in [2.45, 2.75) is 40.0 Å². The Balaban J connectivity index is 0.000000307. The number of allylic oxidation sites excluding steroid dienone is 4. The topological polar surface area (TPSA) is 76.1 Å². The van der Waals surface area contributed by atoms with Gasteiger partial charge in [0.15, 0.2) is 5.82 Å². The molecule has 0 saturated heterocycles. The molecule has 32 heavy (non-hydrogen) atoms. The molecule has 0 fully saturated rings. The Kier molecular flexibility index (Phi) is 12.0. The van der Waals surface area contributed by atoms with Crippen molar-refractivity contribution in [2.24, 2.45) is 0 Å². The van der Waals surface area contributed by atoms with Crippen molar-refractivity contribution in [1.82, 2.24) is 20.6 Å². The van der Waals surface area contributed by atoms with Gasteiger partial charge in [-0.3, -0.25) is 0 Å². The number of likely N-dealkylation sites (N-methyl/N-ethyl adjacent to an activating group) is 1. The number of hydrogen-bond acceptors (Lipinski definition) is 6. The van der Waals surface area contributed by atoms with Gasteiger partial charge in [0, 0.05) is 42.4 Å². The van der Waals surface area contributed by atoms with Gasteiger partial charge in [0.1, 0.15) is 5.83 Å². The van der Waals surface area contributed by atoms with Crippen LogP contribution in [-0.4, -0.2) is 36.1 Å². The molecule has 1 aromatic rings. The number of carbonyl (C=O) groups excluding carboxylic acids is 1. The molecular formula is C24H32ClFN4O2. The van der Waals surface area contributed by atoms with Crippen molar-refractivity contribution < 1.29 is 13.9 Å². The molecule has 3 rings (SSSR count). The number of nitrogens with zero attached hydrogens (tertiary/aromatic N) is 2. The van der Waals surface area contributed by atoms with Gasteiger partial charge in [-0.25, -0.2) is 19.2 Å². The lowest BCUT2D eigenvalue weighted by Crippen LogP contribution is -2.24. The van der Waals surface area contributed by atoms with Crippen LogP contribution in [0.15, 0.2) is 59.8 Å². The molecule has 0 bridgehead atoms. The Morgan fingerprint density at radius 2 is 2.09 bits per heavy atom. The molecular weight excluding hydrogens is 431 g/mol. The minimum Gasteiger partial charge on any atom is -0.462 e. The van der Waals surface area contributed by atoms with E-state index in [-0.39, 0.29) is 16.6 Å². The quantitative estimate of drug-likeness (QED) is 0.469. The molecule has 2 heterocycles. The Morgan fingerprint density at radius 1 is 1.38 bits per heavy atom. The average Bonchev–Trinajstić information content (AvgIpc) is 3.27. The van der Waals surface area contributed by atoms with Crippen LogP contribution in [0, 0.1) is 0 Å². The molecule has 0 amide bonds. The van der Waals surface area contributed by atoms with Crippen molar-refractivity contribution in [2.75, 3.05) is 20.2 Å². The third kappa shape index (κ3) is 7.96. The zero-order valence-corrected chi connectivity index (χ0v) is 20.0. The monoisotopic (exact) mass is 462 g/mol. The second-order valence-corrected chi connectivity index (χ2v) is 6.97. The fraction of sp³-hybridized carbons (Fsp3) is 0.375. The molecule has 0 aromatic carbocycles. The van der Waals surface area contributed by atoms with E-state index in [1.165, 1.54) is 6.08 Å². The van der Waals surface area contributed by atoms with Crippen molar-refractivity contribution in [1.29, 1.82) is 0 Å². The number of rotatable bonds is 6. The molecule has 1 aliphatic carbocycles. The lowest BCUT2D eigenvalue weighted by Gasteiger charge is -2.15. The summed E-state index contributed by atoms with van der Waals surface area (Å²) < 4.78 is 18.2. The Morgan fingerprint density at radius 3 is 2.69 bits per heavy atom. The van der Waals surface area contributed by atoms with Crippen LogP contribution < -0.4 is 10.6 Å². The van der Waals surface area contributed by atoms with Gasteiger partial charge in [-0.15, -0.1) is 0 Å². The summed E-state index contributed by atoms with van der Waals surface area (Å²) in [6.07, 6.45) is 9.70. The van der Waals surface area contributed by atoms with Gasteiger partial charge in [-0.05, 0) is 43.9 Å². The predicted molar refractivity (Wildman–Crippen MR) is 128 cm³/mol. The number of halogens is 2. The Bertz CT molecular complexity index is 923. The van der Waals surface area contributed by atoms with Crippen molar-refractivity contribution >= 4 is 23.1 Å². The fourth-order valence-corrected chi connectivity index (χ4v) is 3.10. The molecule has 0 atom stereocenters. The van der Waals surface area contributed by atoms with Gasteiger partial charge in [-0.1, -0.05) is 38.6 Å². The summed E-state index contributed by atoms with van der Waals surface area (Å²) in [5, 5.41) is 6.13. The third-order valence-corrected chi connectivity index (χ3v) is 4.48. The normalized spacial score (nSPS) is 14.1. The number of dihydropyridines is 1. The Hall–Kier alpha value is -2.93. The van der Waals surface area contributed by atoms with Gasteiger partial charge in [0.25, 0.3) is 0 Å². The maximum atomic E-state index is 13.3. The van der Waals surface area contributed by atoms with Gasteiger partial charge in [0.2, 0.25) is 0 Å². The van der Waals surface area contributed by atoms with E-state index in [9.17, 15) is 9.18 Å². The number of carbonyl (C=O) groups is 1. The molecule has 6 nitrogen and oxygen atoms in total. The lowest BCUT2D eigenvalue weighted by molar-refractivity contribution is -0.138. The van der Waals surface area contributed by atoms with E-state index in [1.54, 1.807) is 26.4 Å².